The van der Waals surface area contributed by atoms with E-state index in [-0.39, 0.29) is 0 Å². The number of furan rings is 1. The highest BCUT2D eigenvalue weighted by molar-refractivity contribution is 6.22. The Morgan fingerprint density at radius 1 is 0.465 bits per heavy atom. The minimum Gasteiger partial charge on any atom is -0.456 e. The predicted octanol–water partition coefficient (Wildman–Crippen LogP) is 10.8. The van der Waals surface area contributed by atoms with Crippen LogP contribution in [0, 0.1) is 0 Å². The van der Waals surface area contributed by atoms with Gasteiger partial charge in [0, 0.05) is 38.6 Å². The van der Waals surface area contributed by atoms with Crippen LogP contribution in [0.1, 0.15) is 0 Å². The lowest BCUT2D eigenvalue weighted by Gasteiger charge is -2.13. The van der Waals surface area contributed by atoms with Crippen LogP contribution in [0.5, 0.6) is 0 Å². The number of benzene rings is 7. The van der Waals surface area contributed by atoms with Crippen LogP contribution >= 0.6 is 0 Å². The average molecular weight is 551 g/mol. The second kappa shape index (κ2) is 8.34. The van der Waals surface area contributed by atoms with Crippen LogP contribution in [-0.2, 0) is 0 Å². The fraction of sp³-hybridized carbons (Fsp3) is 0. The molecule has 0 amide bonds. The van der Waals surface area contributed by atoms with E-state index in [1.807, 2.05) is 30.3 Å². The smallest absolute Gasteiger partial charge is 0.227 e. The summed E-state index contributed by atoms with van der Waals surface area (Å²) in [4.78, 5) is 4.71. The van der Waals surface area contributed by atoms with Crippen LogP contribution in [0.25, 0.3) is 93.5 Å². The molecule has 0 unspecified atom stereocenters. The summed E-state index contributed by atoms with van der Waals surface area (Å²) in [6.45, 7) is 0. The van der Waals surface area contributed by atoms with Crippen molar-refractivity contribution in [2.24, 2.45) is 0 Å². The minimum atomic E-state index is 0.589. The van der Waals surface area contributed by atoms with Gasteiger partial charge in [0.1, 0.15) is 16.7 Å². The van der Waals surface area contributed by atoms with E-state index in [0.29, 0.717) is 5.89 Å². The van der Waals surface area contributed by atoms with Gasteiger partial charge in [-0.2, -0.15) is 0 Å². The van der Waals surface area contributed by atoms with E-state index in [2.05, 4.69) is 108 Å². The standard InChI is InChI=1S/C39H22N2O2/c1-2-10-24-20-33-30(19-23(24)9-1)27-12-5-7-15-32(27)41(33)34-22-37-38(28-13-4-3-11-26(28)34)29-18-17-25(21-36(29)42-37)39-40-31-14-6-8-16-35(31)43-39/h1-22H. The lowest BCUT2D eigenvalue weighted by atomic mass is 10.0. The van der Waals surface area contributed by atoms with Crippen molar-refractivity contribution in [3.05, 3.63) is 133 Å². The molecule has 4 heteroatoms. The zero-order valence-corrected chi connectivity index (χ0v) is 22.9. The Hall–Kier alpha value is -5.87. The predicted molar refractivity (Wildman–Crippen MR) is 176 cm³/mol. The Morgan fingerprint density at radius 3 is 2.09 bits per heavy atom. The number of nitrogens with zero attached hydrogens (tertiary/aromatic N) is 2. The molecule has 3 heterocycles. The SMILES string of the molecule is c1ccc2cc3c(cc2c1)c1ccccc1n3-c1cc2oc3cc(-c4nc5ccccc5o4)ccc3c2c2ccccc12. The Labute approximate surface area is 245 Å². The molecule has 0 N–H and O–H groups in total. The molecule has 0 spiro atoms. The second-order valence-corrected chi connectivity index (χ2v) is 11.2. The molecular formula is C39H22N2O2. The third-order valence-electron chi connectivity index (χ3n) is 8.78. The molecule has 0 aliphatic rings. The van der Waals surface area contributed by atoms with Crippen LogP contribution in [0.4, 0.5) is 0 Å². The molecule has 200 valence electrons. The Bertz CT molecular complexity index is 2710. The molecule has 0 saturated carbocycles. The van der Waals surface area contributed by atoms with E-state index in [1.54, 1.807) is 0 Å². The lowest BCUT2D eigenvalue weighted by Crippen LogP contribution is -1.95. The van der Waals surface area contributed by atoms with Crippen molar-refractivity contribution in [3.8, 4) is 17.1 Å². The maximum absolute atomic E-state index is 6.65. The van der Waals surface area contributed by atoms with Crippen molar-refractivity contribution >= 4 is 76.4 Å². The van der Waals surface area contributed by atoms with Gasteiger partial charge >= 0.3 is 0 Å². The van der Waals surface area contributed by atoms with Crippen LogP contribution in [0.2, 0.25) is 0 Å². The third kappa shape index (κ3) is 3.18. The first kappa shape index (κ1) is 22.8. The maximum atomic E-state index is 6.65. The van der Waals surface area contributed by atoms with Gasteiger partial charge < -0.3 is 13.4 Å². The molecule has 43 heavy (non-hydrogen) atoms. The topological polar surface area (TPSA) is 44.1 Å². The third-order valence-corrected chi connectivity index (χ3v) is 8.78. The van der Waals surface area contributed by atoms with Crippen molar-refractivity contribution < 1.29 is 8.83 Å². The number of oxazole rings is 1. The zero-order chi connectivity index (χ0) is 28.1. The van der Waals surface area contributed by atoms with Crippen molar-refractivity contribution in [2.45, 2.75) is 0 Å². The van der Waals surface area contributed by atoms with Gasteiger partial charge in [0.15, 0.2) is 5.58 Å². The van der Waals surface area contributed by atoms with Crippen molar-refractivity contribution in [1.82, 2.24) is 9.55 Å². The number of fused-ring (bicyclic) bond motifs is 10. The first-order valence-electron chi connectivity index (χ1n) is 14.5. The van der Waals surface area contributed by atoms with Gasteiger partial charge in [-0.25, -0.2) is 4.98 Å². The zero-order valence-electron chi connectivity index (χ0n) is 22.9. The summed E-state index contributed by atoms with van der Waals surface area (Å²) in [6, 6.07) is 46.8. The number of hydrogen-bond donors (Lipinski definition) is 0. The van der Waals surface area contributed by atoms with E-state index in [1.165, 1.54) is 38.0 Å². The van der Waals surface area contributed by atoms with E-state index < -0.39 is 0 Å². The van der Waals surface area contributed by atoms with Crippen LogP contribution in [0.15, 0.2) is 142 Å². The molecule has 0 aliphatic carbocycles. The monoisotopic (exact) mass is 550 g/mol. The van der Waals surface area contributed by atoms with Crippen LogP contribution in [-0.4, -0.2) is 9.55 Å². The molecule has 4 nitrogen and oxygen atoms in total. The van der Waals surface area contributed by atoms with Gasteiger partial charge in [-0.3, -0.25) is 0 Å². The highest BCUT2D eigenvalue weighted by atomic mass is 16.3. The first-order chi connectivity index (χ1) is 21.3. The molecule has 10 rings (SSSR count). The molecule has 7 aromatic carbocycles. The molecule has 0 aliphatic heterocycles. The molecule has 0 saturated heterocycles. The molecule has 0 radical (unpaired) electrons. The van der Waals surface area contributed by atoms with Crippen molar-refractivity contribution in [1.29, 1.82) is 0 Å². The first-order valence-corrected chi connectivity index (χ1v) is 14.5. The fourth-order valence-electron chi connectivity index (χ4n) is 6.85. The maximum Gasteiger partial charge on any atom is 0.227 e. The Balaban J connectivity index is 1.28. The summed E-state index contributed by atoms with van der Waals surface area (Å²) < 4.78 is 15.1. The summed E-state index contributed by atoms with van der Waals surface area (Å²) in [5.74, 6) is 0.589. The number of aromatic nitrogens is 2. The Morgan fingerprint density at radius 2 is 1.21 bits per heavy atom. The molecule has 0 atom stereocenters. The molecule has 3 aromatic heterocycles. The second-order valence-electron chi connectivity index (χ2n) is 11.2. The van der Waals surface area contributed by atoms with Crippen LogP contribution < -0.4 is 0 Å². The minimum absolute atomic E-state index is 0.589. The largest absolute Gasteiger partial charge is 0.456 e. The van der Waals surface area contributed by atoms with Crippen LogP contribution in [0.3, 0.4) is 0 Å². The highest BCUT2D eigenvalue weighted by Crippen LogP contribution is 2.42. The normalized spacial score (nSPS) is 12.2. The number of rotatable bonds is 2. The molecule has 10 aromatic rings. The lowest BCUT2D eigenvalue weighted by molar-refractivity contribution is 0.619. The summed E-state index contributed by atoms with van der Waals surface area (Å²) in [5, 5.41) is 9.47. The van der Waals surface area contributed by atoms with Gasteiger partial charge in [0.25, 0.3) is 0 Å². The molecular weight excluding hydrogens is 528 g/mol. The van der Waals surface area contributed by atoms with Gasteiger partial charge in [-0.15, -0.1) is 0 Å². The van der Waals surface area contributed by atoms with Gasteiger partial charge in [0.05, 0.1) is 16.7 Å². The fourth-order valence-corrected chi connectivity index (χ4v) is 6.85. The summed E-state index contributed by atoms with van der Waals surface area (Å²) >= 11 is 0. The van der Waals surface area contributed by atoms with E-state index in [9.17, 15) is 0 Å². The summed E-state index contributed by atoms with van der Waals surface area (Å²) in [7, 11) is 0. The number of para-hydroxylation sites is 3. The van der Waals surface area contributed by atoms with E-state index in [4.69, 9.17) is 13.8 Å². The van der Waals surface area contributed by atoms with E-state index in [0.717, 1.165) is 49.7 Å². The average Bonchev–Trinajstić information content (AvgIpc) is 3.74. The van der Waals surface area contributed by atoms with Crippen molar-refractivity contribution in [3.63, 3.8) is 0 Å². The molecule has 0 fully saturated rings. The van der Waals surface area contributed by atoms with Crippen molar-refractivity contribution in [2.75, 3.05) is 0 Å². The summed E-state index contributed by atoms with van der Waals surface area (Å²) in [6.07, 6.45) is 0. The van der Waals surface area contributed by atoms with Gasteiger partial charge in [0.2, 0.25) is 5.89 Å². The highest BCUT2D eigenvalue weighted by Gasteiger charge is 2.20. The summed E-state index contributed by atoms with van der Waals surface area (Å²) in [5.41, 5.74) is 7.62. The van der Waals surface area contributed by atoms with Gasteiger partial charge in [-0.05, 0) is 64.7 Å². The van der Waals surface area contributed by atoms with E-state index >= 15 is 0 Å². The molecule has 0 bridgehead atoms. The van der Waals surface area contributed by atoms with Gasteiger partial charge in [-0.1, -0.05) is 78.9 Å². The number of hydrogen-bond acceptors (Lipinski definition) is 3. The Kier molecular flexibility index (Phi) is 4.42. The quantitative estimate of drug-likeness (QED) is 0.215.